The summed E-state index contributed by atoms with van der Waals surface area (Å²) in [4.78, 5) is 28.6. The van der Waals surface area contributed by atoms with Crippen molar-refractivity contribution in [3.05, 3.63) is 35.9 Å². The number of hydrogen-bond donors (Lipinski definition) is 1. The van der Waals surface area contributed by atoms with Gasteiger partial charge in [0.15, 0.2) is 0 Å². The maximum atomic E-state index is 12.3. The summed E-state index contributed by atoms with van der Waals surface area (Å²) in [5, 5.41) is 3.04. The number of ether oxygens (including phenoxy) is 1. The Kier molecular flexibility index (Phi) is 6.04. The Morgan fingerprint density at radius 1 is 1.20 bits per heavy atom. The van der Waals surface area contributed by atoms with E-state index in [4.69, 9.17) is 4.74 Å². The molecule has 25 heavy (non-hydrogen) atoms. The van der Waals surface area contributed by atoms with Crippen molar-refractivity contribution < 1.29 is 14.3 Å². The highest BCUT2D eigenvalue weighted by Crippen LogP contribution is 2.16. The molecular formula is C19H27N3O3. The molecule has 3 rings (SSSR count). The van der Waals surface area contributed by atoms with Crippen molar-refractivity contribution in [3.63, 3.8) is 0 Å². The molecule has 1 aromatic carbocycles. The summed E-state index contributed by atoms with van der Waals surface area (Å²) in [6.07, 6.45) is 1.55. The van der Waals surface area contributed by atoms with E-state index in [2.05, 4.69) is 10.2 Å². The molecule has 1 aromatic rings. The van der Waals surface area contributed by atoms with Gasteiger partial charge >= 0.3 is 0 Å². The van der Waals surface area contributed by atoms with E-state index in [0.717, 1.165) is 31.5 Å². The van der Waals surface area contributed by atoms with E-state index < -0.39 is 0 Å². The van der Waals surface area contributed by atoms with Crippen molar-refractivity contribution >= 4 is 11.8 Å². The zero-order valence-corrected chi connectivity index (χ0v) is 14.8. The van der Waals surface area contributed by atoms with Crippen LogP contribution in [-0.4, -0.2) is 67.0 Å². The van der Waals surface area contributed by atoms with Crippen molar-refractivity contribution in [2.45, 2.75) is 31.9 Å². The van der Waals surface area contributed by atoms with Crippen molar-refractivity contribution in [1.29, 1.82) is 0 Å². The molecule has 2 amide bonds. The van der Waals surface area contributed by atoms with Crippen molar-refractivity contribution in [1.82, 2.24) is 15.1 Å². The number of amides is 2. The van der Waals surface area contributed by atoms with Gasteiger partial charge in [-0.25, -0.2) is 0 Å². The van der Waals surface area contributed by atoms with Crippen molar-refractivity contribution in [2.24, 2.45) is 0 Å². The monoisotopic (exact) mass is 345 g/mol. The molecule has 2 fully saturated rings. The van der Waals surface area contributed by atoms with Crippen molar-refractivity contribution in [3.8, 4) is 0 Å². The van der Waals surface area contributed by atoms with Crippen LogP contribution in [0, 0.1) is 0 Å². The lowest BCUT2D eigenvalue weighted by Crippen LogP contribution is -2.53. The molecule has 0 bridgehead atoms. The normalized spacial score (nSPS) is 22.6. The number of carbonyl (C=O) groups excluding carboxylic acids is 2. The van der Waals surface area contributed by atoms with Crippen LogP contribution in [0.3, 0.4) is 0 Å². The predicted octanol–water partition coefficient (Wildman–Crippen LogP) is 1.19. The Labute approximate surface area is 149 Å². The topological polar surface area (TPSA) is 61.9 Å². The third kappa shape index (κ3) is 4.80. The van der Waals surface area contributed by atoms with E-state index in [0.29, 0.717) is 26.2 Å². The van der Waals surface area contributed by atoms with E-state index in [-0.39, 0.29) is 24.0 Å². The Morgan fingerprint density at radius 3 is 2.56 bits per heavy atom. The number of nitrogens with one attached hydrogen (secondary N) is 1. The molecule has 0 aliphatic carbocycles. The fraction of sp³-hybridized carbons (Fsp3) is 0.579. The molecule has 136 valence electrons. The van der Waals surface area contributed by atoms with Gasteiger partial charge in [-0.1, -0.05) is 30.3 Å². The Balaban J connectivity index is 1.41. The summed E-state index contributed by atoms with van der Waals surface area (Å²) < 4.78 is 5.48. The average Bonchev–Trinajstić information content (AvgIpc) is 3.17. The standard InChI is InChI=1S/C19H27N3O3/c1-15(16-6-3-2-4-7-16)20-18(23)14-21-9-11-22(12-10-21)19(24)17-8-5-13-25-17/h2-4,6-7,15,17H,5,8-14H2,1H3,(H,20,23)/t15-,17+/m1/s1. The molecule has 1 N–H and O–H groups in total. The van der Waals surface area contributed by atoms with Gasteiger partial charge in [-0.2, -0.15) is 0 Å². The van der Waals surface area contributed by atoms with Gasteiger partial charge in [-0.15, -0.1) is 0 Å². The predicted molar refractivity (Wildman–Crippen MR) is 95.0 cm³/mol. The minimum Gasteiger partial charge on any atom is -0.368 e. The van der Waals surface area contributed by atoms with Gasteiger partial charge in [-0.05, 0) is 25.3 Å². The van der Waals surface area contributed by atoms with Gasteiger partial charge in [0.2, 0.25) is 5.91 Å². The van der Waals surface area contributed by atoms with Crippen LogP contribution in [0.2, 0.25) is 0 Å². The number of benzene rings is 1. The summed E-state index contributed by atoms with van der Waals surface area (Å²) in [6, 6.07) is 9.94. The third-order valence-electron chi connectivity index (χ3n) is 4.93. The molecule has 2 aliphatic heterocycles. The number of rotatable bonds is 5. The number of carbonyl (C=O) groups is 2. The smallest absolute Gasteiger partial charge is 0.251 e. The molecule has 6 nitrogen and oxygen atoms in total. The summed E-state index contributed by atoms with van der Waals surface area (Å²) in [7, 11) is 0. The van der Waals surface area contributed by atoms with Crippen LogP contribution in [-0.2, 0) is 14.3 Å². The van der Waals surface area contributed by atoms with Gasteiger partial charge < -0.3 is 15.0 Å². The molecule has 0 aromatic heterocycles. The van der Waals surface area contributed by atoms with E-state index in [1.54, 1.807) is 0 Å². The molecule has 0 spiro atoms. The first-order chi connectivity index (χ1) is 12.1. The maximum Gasteiger partial charge on any atom is 0.251 e. The minimum absolute atomic E-state index is 0.00363. The first kappa shape index (κ1) is 17.9. The van der Waals surface area contributed by atoms with Crippen molar-refractivity contribution in [2.75, 3.05) is 39.3 Å². The van der Waals surface area contributed by atoms with Gasteiger partial charge in [0.25, 0.3) is 5.91 Å². The highest BCUT2D eigenvalue weighted by molar-refractivity contribution is 5.81. The third-order valence-corrected chi connectivity index (χ3v) is 4.93. The lowest BCUT2D eigenvalue weighted by Gasteiger charge is -2.35. The summed E-state index contributed by atoms with van der Waals surface area (Å²) in [5.74, 6) is 0.134. The Hall–Kier alpha value is -1.92. The van der Waals surface area contributed by atoms with E-state index in [1.165, 1.54) is 0 Å². The fourth-order valence-electron chi connectivity index (χ4n) is 3.42. The van der Waals surface area contributed by atoms with Crippen LogP contribution < -0.4 is 5.32 Å². The molecule has 0 saturated carbocycles. The van der Waals surface area contributed by atoms with E-state index in [1.807, 2.05) is 42.2 Å². The molecular weight excluding hydrogens is 318 g/mol. The van der Waals surface area contributed by atoms with Crippen LogP contribution in [0.5, 0.6) is 0 Å². The highest BCUT2D eigenvalue weighted by atomic mass is 16.5. The first-order valence-corrected chi connectivity index (χ1v) is 9.10. The number of piperazine rings is 1. The molecule has 2 saturated heterocycles. The van der Waals surface area contributed by atoms with Crippen LogP contribution in [0.4, 0.5) is 0 Å². The zero-order chi connectivity index (χ0) is 17.6. The molecule has 2 atom stereocenters. The van der Waals surface area contributed by atoms with E-state index in [9.17, 15) is 9.59 Å². The molecule has 6 heteroatoms. The summed E-state index contributed by atoms with van der Waals surface area (Å²) in [5.41, 5.74) is 1.10. The van der Waals surface area contributed by atoms with Crippen LogP contribution in [0.15, 0.2) is 30.3 Å². The maximum absolute atomic E-state index is 12.3. The average molecular weight is 345 g/mol. The second kappa shape index (κ2) is 8.45. The quantitative estimate of drug-likeness (QED) is 0.871. The molecule has 0 unspecified atom stereocenters. The number of hydrogen-bond acceptors (Lipinski definition) is 4. The molecule has 0 radical (unpaired) electrons. The molecule has 2 aliphatic rings. The summed E-state index contributed by atoms with van der Waals surface area (Å²) in [6.45, 7) is 5.85. The Bertz CT molecular complexity index is 579. The van der Waals surface area contributed by atoms with Gasteiger partial charge in [0, 0.05) is 32.8 Å². The second-order valence-electron chi connectivity index (χ2n) is 6.80. The van der Waals surface area contributed by atoms with Crippen LogP contribution in [0.25, 0.3) is 0 Å². The summed E-state index contributed by atoms with van der Waals surface area (Å²) >= 11 is 0. The minimum atomic E-state index is -0.249. The number of nitrogens with zero attached hydrogens (tertiary/aromatic N) is 2. The van der Waals surface area contributed by atoms with Crippen LogP contribution >= 0.6 is 0 Å². The van der Waals surface area contributed by atoms with Crippen LogP contribution in [0.1, 0.15) is 31.4 Å². The van der Waals surface area contributed by atoms with Gasteiger partial charge in [0.1, 0.15) is 6.10 Å². The lowest BCUT2D eigenvalue weighted by molar-refractivity contribution is -0.142. The van der Waals surface area contributed by atoms with Gasteiger partial charge in [-0.3, -0.25) is 14.5 Å². The SMILES string of the molecule is C[C@@H](NC(=O)CN1CCN(C(=O)[C@@H]2CCCO2)CC1)c1ccccc1. The highest BCUT2D eigenvalue weighted by Gasteiger charge is 2.30. The fourth-order valence-corrected chi connectivity index (χ4v) is 3.42. The zero-order valence-electron chi connectivity index (χ0n) is 14.8. The van der Waals surface area contributed by atoms with Gasteiger partial charge in [0.05, 0.1) is 12.6 Å². The molecule has 2 heterocycles. The Morgan fingerprint density at radius 2 is 1.92 bits per heavy atom. The second-order valence-corrected chi connectivity index (χ2v) is 6.80. The lowest BCUT2D eigenvalue weighted by atomic mass is 10.1. The first-order valence-electron chi connectivity index (χ1n) is 9.10. The largest absolute Gasteiger partial charge is 0.368 e. The van der Waals surface area contributed by atoms with E-state index >= 15 is 0 Å².